The predicted molar refractivity (Wildman–Crippen MR) is 89.3 cm³/mol. The minimum Gasteiger partial charge on any atom is -0.415 e. The van der Waals surface area contributed by atoms with Crippen LogP contribution in [0, 0.1) is 5.82 Å². The van der Waals surface area contributed by atoms with E-state index in [1.54, 1.807) is 24.3 Å². The number of nitrogens with zero attached hydrogens (tertiary/aromatic N) is 3. The fraction of sp³-hybridized carbons (Fsp3) is 0.118. The Kier molecular flexibility index (Phi) is 4.03. The van der Waals surface area contributed by atoms with Gasteiger partial charge in [0.15, 0.2) is 0 Å². The molecule has 0 atom stereocenters. The van der Waals surface area contributed by atoms with Gasteiger partial charge in [0.1, 0.15) is 5.82 Å². The molecule has 0 unspecified atom stereocenters. The molecule has 0 radical (unpaired) electrons. The Hall–Kier alpha value is -2.68. The SMILES string of the molecule is O=C1c2cc(-c3nnc(C(F)F)o3)cc(F)c2CN1c1ccccc1Br. The van der Waals surface area contributed by atoms with Crippen molar-refractivity contribution in [1.82, 2.24) is 10.2 Å². The smallest absolute Gasteiger partial charge is 0.314 e. The lowest BCUT2D eigenvalue weighted by Crippen LogP contribution is -2.23. The van der Waals surface area contributed by atoms with Crippen molar-refractivity contribution in [1.29, 1.82) is 0 Å². The van der Waals surface area contributed by atoms with E-state index in [0.717, 1.165) is 6.07 Å². The van der Waals surface area contributed by atoms with Crippen LogP contribution in [-0.4, -0.2) is 16.1 Å². The zero-order chi connectivity index (χ0) is 18.4. The second-order valence-electron chi connectivity index (χ2n) is 5.57. The van der Waals surface area contributed by atoms with Crippen molar-refractivity contribution in [2.75, 3.05) is 4.90 Å². The van der Waals surface area contributed by atoms with Gasteiger partial charge in [-0.3, -0.25) is 4.79 Å². The maximum Gasteiger partial charge on any atom is 0.314 e. The summed E-state index contributed by atoms with van der Waals surface area (Å²) in [4.78, 5) is 14.2. The molecule has 1 aliphatic rings. The Bertz CT molecular complexity index is 1020. The van der Waals surface area contributed by atoms with Gasteiger partial charge in [0.25, 0.3) is 11.8 Å². The van der Waals surface area contributed by atoms with Gasteiger partial charge < -0.3 is 9.32 Å². The highest BCUT2D eigenvalue weighted by atomic mass is 79.9. The monoisotopic (exact) mass is 423 g/mol. The fourth-order valence-electron chi connectivity index (χ4n) is 2.79. The Morgan fingerprint density at radius 1 is 1.19 bits per heavy atom. The molecule has 4 rings (SSSR count). The third-order valence-electron chi connectivity index (χ3n) is 4.00. The molecule has 132 valence electrons. The summed E-state index contributed by atoms with van der Waals surface area (Å²) in [5, 5.41) is 6.71. The number of amides is 1. The van der Waals surface area contributed by atoms with Crippen molar-refractivity contribution < 1.29 is 22.4 Å². The van der Waals surface area contributed by atoms with E-state index in [0.29, 0.717) is 10.2 Å². The highest BCUT2D eigenvalue weighted by Crippen LogP contribution is 2.36. The van der Waals surface area contributed by atoms with Crippen LogP contribution in [0.4, 0.5) is 18.9 Å². The number of carbonyl (C=O) groups excluding carboxylic acids is 1. The third-order valence-corrected chi connectivity index (χ3v) is 4.68. The number of hydrogen-bond donors (Lipinski definition) is 0. The van der Waals surface area contributed by atoms with Crippen molar-refractivity contribution in [3.63, 3.8) is 0 Å². The first-order valence-electron chi connectivity index (χ1n) is 7.46. The number of para-hydroxylation sites is 1. The van der Waals surface area contributed by atoms with Gasteiger partial charge in [-0.2, -0.15) is 8.78 Å². The highest BCUT2D eigenvalue weighted by molar-refractivity contribution is 9.10. The number of hydrogen-bond acceptors (Lipinski definition) is 4. The molecule has 1 aliphatic heterocycles. The van der Waals surface area contributed by atoms with E-state index in [4.69, 9.17) is 4.42 Å². The summed E-state index contributed by atoms with van der Waals surface area (Å²) < 4.78 is 45.3. The topological polar surface area (TPSA) is 59.2 Å². The van der Waals surface area contributed by atoms with Crippen LogP contribution >= 0.6 is 15.9 Å². The molecule has 0 saturated carbocycles. The van der Waals surface area contributed by atoms with Gasteiger partial charge in [0, 0.05) is 21.2 Å². The van der Waals surface area contributed by atoms with Gasteiger partial charge >= 0.3 is 6.43 Å². The van der Waals surface area contributed by atoms with Crippen molar-refractivity contribution >= 4 is 27.5 Å². The number of carbonyl (C=O) groups is 1. The normalized spacial score (nSPS) is 13.6. The van der Waals surface area contributed by atoms with Crippen LogP contribution in [0.2, 0.25) is 0 Å². The van der Waals surface area contributed by atoms with Crippen LogP contribution in [0.15, 0.2) is 45.3 Å². The van der Waals surface area contributed by atoms with Gasteiger partial charge in [-0.25, -0.2) is 4.39 Å². The summed E-state index contributed by atoms with van der Waals surface area (Å²) in [5.74, 6) is -2.17. The van der Waals surface area contributed by atoms with Crippen LogP contribution in [0.5, 0.6) is 0 Å². The lowest BCUT2D eigenvalue weighted by molar-refractivity contribution is 0.0996. The van der Waals surface area contributed by atoms with Crippen molar-refractivity contribution in [3.8, 4) is 11.5 Å². The van der Waals surface area contributed by atoms with Gasteiger partial charge in [-0.15, -0.1) is 10.2 Å². The van der Waals surface area contributed by atoms with E-state index in [1.807, 2.05) is 0 Å². The van der Waals surface area contributed by atoms with E-state index < -0.39 is 24.0 Å². The fourth-order valence-corrected chi connectivity index (χ4v) is 3.29. The second kappa shape index (κ2) is 6.24. The maximum atomic E-state index is 14.5. The lowest BCUT2D eigenvalue weighted by atomic mass is 10.1. The summed E-state index contributed by atoms with van der Waals surface area (Å²) >= 11 is 3.37. The molecule has 2 aromatic carbocycles. The molecule has 0 spiro atoms. The number of halogens is 4. The molecule has 1 amide bonds. The van der Waals surface area contributed by atoms with Crippen molar-refractivity contribution in [2.24, 2.45) is 0 Å². The van der Waals surface area contributed by atoms with Gasteiger partial charge in [0.05, 0.1) is 12.2 Å². The molecule has 0 N–H and O–H groups in total. The Morgan fingerprint density at radius 2 is 1.96 bits per heavy atom. The molecule has 2 heterocycles. The molecular weight excluding hydrogens is 415 g/mol. The molecule has 0 aliphatic carbocycles. The summed E-state index contributed by atoms with van der Waals surface area (Å²) in [7, 11) is 0. The first-order valence-corrected chi connectivity index (χ1v) is 8.25. The number of aromatic nitrogens is 2. The summed E-state index contributed by atoms with van der Waals surface area (Å²) in [6, 6.07) is 9.55. The molecule has 5 nitrogen and oxygen atoms in total. The maximum absolute atomic E-state index is 14.5. The minimum absolute atomic E-state index is 0.0645. The highest BCUT2D eigenvalue weighted by Gasteiger charge is 2.33. The summed E-state index contributed by atoms with van der Waals surface area (Å²) in [6.07, 6.45) is -2.93. The van der Waals surface area contributed by atoms with Crippen LogP contribution in [0.25, 0.3) is 11.5 Å². The molecule has 0 saturated heterocycles. The molecular formula is C17H9BrF3N3O2. The average molecular weight is 424 g/mol. The zero-order valence-corrected chi connectivity index (χ0v) is 14.5. The number of alkyl halides is 2. The van der Waals surface area contributed by atoms with E-state index in [1.165, 1.54) is 11.0 Å². The predicted octanol–water partition coefficient (Wildman–Crippen LogP) is 4.74. The molecule has 26 heavy (non-hydrogen) atoms. The van der Waals surface area contributed by atoms with Crippen LogP contribution in [-0.2, 0) is 6.54 Å². The standard InChI is InChI=1S/C17H9BrF3N3O2/c18-11-3-1-2-4-13(11)24-7-10-9(17(24)25)5-8(6-12(10)19)15-22-23-16(26-15)14(20)21/h1-6,14H,7H2. The molecule has 0 fully saturated rings. The van der Waals surface area contributed by atoms with Crippen LogP contribution in [0.3, 0.4) is 0 Å². The first-order chi connectivity index (χ1) is 12.5. The second-order valence-corrected chi connectivity index (χ2v) is 6.43. The Morgan fingerprint density at radius 3 is 2.65 bits per heavy atom. The van der Waals surface area contributed by atoms with E-state index >= 15 is 0 Å². The van der Waals surface area contributed by atoms with E-state index in [-0.39, 0.29) is 29.1 Å². The number of anilines is 1. The molecule has 1 aromatic heterocycles. The van der Waals surface area contributed by atoms with E-state index in [9.17, 15) is 18.0 Å². The minimum atomic E-state index is -2.93. The van der Waals surface area contributed by atoms with Crippen molar-refractivity contribution in [3.05, 3.63) is 63.7 Å². The third kappa shape index (κ3) is 2.68. The molecule has 3 aromatic rings. The van der Waals surface area contributed by atoms with E-state index in [2.05, 4.69) is 26.1 Å². The molecule has 0 bridgehead atoms. The lowest BCUT2D eigenvalue weighted by Gasteiger charge is -2.17. The van der Waals surface area contributed by atoms with Gasteiger partial charge in [-0.05, 0) is 40.2 Å². The largest absolute Gasteiger partial charge is 0.415 e. The first kappa shape index (κ1) is 16.8. The van der Waals surface area contributed by atoms with Gasteiger partial charge in [-0.1, -0.05) is 12.1 Å². The number of fused-ring (bicyclic) bond motifs is 1. The van der Waals surface area contributed by atoms with Gasteiger partial charge in [0.2, 0.25) is 5.89 Å². The Balaban J connectivity index is 1.75. The quantitative estimate of drug-likeness (QED) is 0.610. The zero-order valence-electron chi connectivity index (χ0n) is 12.9. The summed E-state index contributed by atoms with van der Waals surface area (Å²) in [5.41, 5.74) is 1.03. The number of rotatable bonds is 3. The summed E-state index contributed by atoms with van der Waals surface area (Å²) in [6.45, 7) is 0.0645. The Labute approximate surface area is 153 Å². The molecule has 9 heteroatoms. The number of benzene rings is 2. The van der Waals surface area contributed by atoms with Crippen LogP contribution < -0.4 is 4.90 Å². The van der Waals surface area contributed by atoms with Crippen molar-refractivity contribution in [2.45, 2.75) is 13.0 Å². The average Bonchev–Trinajstić information content (AvgIpc) is 3.22. The van der Waals surface area contributed by atoms with Crippen LogP contribution in [0.1, 0.15) is 28.2 Å².